The van der Waals surface area contributed by atoms with Crippen LogP contribution >= 0.6 is 22.9 Å². The van der Waals surface area contributed by atoms with E-state index in [9.17, 15) is 0 Å². The maximum atomic E-state index is 6.16. The highest BCUT2D eigenvalue weighted by Gasteiger charge is 2.26. The first-order valence-corrected chi connectivity index (χ1v) is 10.2. The maximum Gasteiger partial charge on any atom is 0.267 e. The second-order valence-corrected chi connectivity index (χ2v) is 8.30. The number of hydrogen-bond donors (Lipinski definition) is 0. The molecular weight excluding hydrogens is 388 g/mol. The number of aromatic nitrogens is 1. The quantitative estimate of drug-likeness (QED) is 0.387. The lowest BCUT2D eigenvalue weighted by molar-refractivity contribution is -0.642. The summed E-state index contributed by atoms with van der Waals surface area (Å²) in [7, 11) is 4.09. The molecule has 0 amide bonds. The summed E-state index contributed by atoms with van der Waals surface area (Å²) in [5, 5.41) is 1.85. The number of rotatable bonds is 2. The Bertz CT molecular complexity index is 1230. The SMILES string of the molecule is CN1/C(=C/c2sc3ccc(Cl)cc3[n+]2C)Oc2ccc(-c3ccccc3)cc21. The van der Waals surface area contributed by atoms with E-state index in [1.807, 2.05) is 31.3 Å². The third-order valence-electron chi connectivity index (χ3n) is 5.05. The minimum absolute atomic E-state index is 0.746. The lowest BCUT2D eigenvalue weighted by Crippen LogP contribution is -2.29. The topological polar surface area (TPSA) is 16.4 Å². The number of aryl methyl sites for hydroxylation is 1. The van der Waals surface area contributed by atoms with Crippen LogP contribution in [-0.4, -0.2) is 7.05 Å². The molecule has 2 heterocycles. The van der Waals surface area contributed by atoms with Gasteiger partial charge in [0, 0.05) is 18.1 Å². The van der Waals surface area contributed by atoms with Gasteiger partial charge in [-0.2, -0.15) is 4.57 Å². The highest BCUT2D eigenvalue weighted by molar-refractivity contribution is 7.18. The van der Waals surface area contributed by atoms with E-state index in [4.69, 9.17) is 16.3 Å². The summed E-state index contributed by atoms with van der Waals surface area (Å²) in [6, 6.07) is 22.7. The Labute approximate surface area is 172 Å². The van der Waals surface area contributed by atoms with Gasteiger partial charge in [-0.1, -0.05) is 59.3 Å². The van der Waals surface area contributed by atoms with Crippen LogP contribution in [0.25, 0.3) is 27.4 Å². The number of fused-ring (bicyclic) bond motifs is 2. The van der Waals surface area contributed by atoms with E-state index < -0.39 is 0 Å². The van der Waals surface area contributed by atoms with E-state index in [2.05, 4.69) is 65.1 Å². The van der Waals surface area contributed by atoms with E-state index in [0.717, 1.165) is 32.9 Å². The van der Waals surface area contributed by atoms with Crippen LogP contribution in [0.3, 0.4) is 0 Å². The normalized spacial score (nSPS) is 14.5. The number of anilines is 1. The molecule has 0 saturated heterocycles. The van der Waals surface area contributed by atoms with E-state index in [-0.39, 0.29) is 0 Å². The second kappa shape index (κ2) is 6.66. The zero-order chi connectivity index (χ0) is 19.3. The van der Waals surface area contributed by atoms with Gasteiger partial charge in [-0.15, -0.1) is 0 Å². The van der Waals surface area contributed by atoms with Gasteiger partial charge in [-0.25, -0.2) is 0 Å². The van der Waals surface area contributed by atoms with Gasteiger partial charge >= 0.3 is 0 Å². The largest absolute Gasteiger partial charge is 0.438 e. The van der Waals surface area contributed by atoms with Gasteiger partial charge in [0.25, 0.3) is 5.01 Å². The molecule has 1 aromatic heterocycles. The van der Waals surface area contributed by atoms with Gasteiger partial charge in [-0.3, -0.25) is 0 Å². The monoisotopic (exact) mass is 405 g/mol. The average molecular weight is 406 g/mol. The Morgan fingerprint density at radius 3 is 2.64 bits per heavy atom. The molecule has 138 valence electrons. The molecule has 0 N–H and O–H groups in total. The molecule has 0 unspecified atom stereocenters. The smallest absolute Gasteiger partial charge is 0.267 e. The molecule has 0 saturated carbocycles. The number of thiazole rings is 1. The van der Waals surface area contributed by atoms with Crippen molar-refractivity contribution in [3.63, 3.8) is 0 Å². The van der Waals surface area contributed by atoms with Crippen molar-refractivity contribution in [3.8, 4) is 16.9 Å². The van der Waals surface area contributed by atoms with Crippen molar-refractivity contribution >= 4 is 44.9 Å². The number of nitrogens with zero attached hydrogens (tertiary/aromatic N) is 2. The van der Waals surface area contributed by atoms with E-state index >= 15 is 0 Å². The molecule has 5 heteroatoms. The molecule has 0 radical (unpaired) electrons. The van der Waals surface area contributed by atoms with Crippen molar-refractivity contribution in [1.29, 1.82) is 0 Å². The standard InChI is InChI=1S/C23H18ClN2OS/c1-25-18-12-16(15-6-4-3-5-7-15)8-10-20(18)27-22(25)14-23-26(2)19-13-17(24)9-11-21(19)28-23/h3-14H,1-2H3/q+1. The maximum absolute atomic E-state index is 6.16. The first-order valence-electron chi connectivity index (χ1n) is 9.01. The van der Waals surface area contributed by atoms with Crippen LogP contribution in [0.15, 0.2) is 72.6 Å². The van der Waals surface area contributed by atoms with Crippen LogP contribution in [0.1, 0.15) is 5.01 Å². The molecule has 3 aromatic carbocycles. The van der Waals surface area contributed by atoms with Crippen LogP contribution in [0.2, 0.25) is 5.02 Å². The highest BCUT2D eigenvalue weighted by atomic mass is 35.5. The van der Waals surface area contributed by atoms with Crippen molar-refractivity contribution in [2.45, 2.75) is 0 Å². The Balaban J connectivity index is 1.53. The van der Waals surface area contributed by atoms with Gasteiger partial charge in [0.05, 0.1) is 11.8 Å². The number of benzene rings is 3. The van der Waals surface area contributed by atoms with Gasteiger partial charge in [-0.05, 0) is 35.4 Å². The molecule has 3 nitrogen and oxygen atoms in total. The molecule has 0 spiro atoms. The molecule has 0 fully saturated rings. The number of hydrogen-bond acceptors (Lipinski definition) is 3. The molecule has 28 heavy (non-hydrogen) atoms. The van der Waals surface area contributed by atoms with Gasteiger partial charge in [0.1, 0.15) is 11.7 Å². The molecule has 1 aliphatic rings. The van der Waals surface area contributed by atoms with Gasteiger partial charge in [0.15, 0.2) is 5.75 Å². The fourth-order valence-electron chi connectivity index (χ4n) is 3.47. The van der Waals surface area contributed by atoms with Crippen LogP contribution in [0.5, 0.6) is 5.75 Å². The Morgan fingerprint density at radius 2 is 1.82 bits per heavy atom. The highest BCUT2D eigenvalue weighted by Crippen LogP contribution is 2.41. The fourth-order valence-corrected chi connectivity index (χ4v) is 4.70. The van der Waals surface area contributed by atoms with E-state index in [1.54, 1.807) is 11.3 Å². The lowest BCUT2D eigenvalue weighted by Gasteiger charge is -2.11. The summed E-state index contributed by atoms with van der Waals surface area (Å²) in [5.74, 6) is 1.69. The summed E-state index contributed by atoms with van der Waals surface area (Å²) in [6.07, 6.45) is 2.08. The Hall–Kier alpha value is -2.82. The Kier molecular flexibility index (Phi) is 4.11. The van der Waals surface area contributed by atoms with Crippen molar-refractivity contribution in [2.75, 3.05) is 11.9 Å². The predicted octanol–water partition coefficient (Wildman–Crippen LogP) is 5.87. The van der Waals surface area contributed by atoms with Crippen molar-refractivity contribution in [3.05, 3.63) is 82.6 Å². The second-order valence-electron chi connectivity index (χ2n) is 6.80. The van der Waals surface area contributed by atoms with Crippen LogP contribution in [-0.2, 0) is 7.05 Å². The minimum Gasteiger partial charge on any atom is -0.438 e. The van der Waals surface area contributed by atoms with E-state index in [1.165, 1.54) is 15.8 Å². The summed E-state index contributed by atoms with van der Waals surface area (Å²) < 4.78 is 9.49. The van der Waals surface area contributed by atoms with Crippen molar-refractivity contribution < 1.29 is 9.30 Å². The van der Waals surface area contributed by atoms with Gasteiger partial charge < -0.3 is 9.64 Å². The third-order valence-corrected chi connectivity index (χ3v) is 6.45. The lowest BCUT2D eigenvalue weighted by atomic mass is 10.0. The predicted molar refractivity (Wildman–Crippen MR) is 117 cm³/mol. The van der Waals surface area contributed by atoms with Crippen LogP contribution in [0.4, 0.5) is 5.69 Å². The van der Waals surface area contributed by atoms with Crippen molar-refractivity contribution in [1.82, 2.24) is 0 Å². The van der Waals surface area contributed by atoms with Crippen LogP contribution < -0.4 is 14.2 Å². The van der Waals surface area contributed by atoms with E-state index in [0.29, 0.717) is 0 Å². The molecule has 4 aromatic rings. The molecule has 0 bridgehead atoms. The molecule has 0 aliphatic carbocycles. The molecule has 5 rings (SSSR count). The van der Waals surface area contributed by atoms with Crippen LogP contribution in [0, 0.1) is 0 Å². The molecular formula is C23H18ClN2OS+. The minimum atomic E-state index is 0.746. The third kappa shape index (κ3) is 2.86. The Morgan fingerprint density at radius 1 is 1.00 bits per heavy atom. The first kappa shape index (κ1) is 17.3. The number of halogens is 1. The average Bonchev–Trinajstić information content (AvgIpc) is 3.19. The zero-order valence-electron chi connectivity index (χ0n) is 15.5. The van der Waals surface area contributed by atoms with Crippen molar-refractivity contribution in [2.24, 2.45) is 7.05 Å². The summed E-state index contributed by atoms with van der Waals surface area (Å²) >= 11 is 7.88. The first-order chi connectivity index (χ1) is 13.6. The summed E-state index contributed by atoms with van der Waals surface area (Å²) in [5.41, 5.74) is 4.57. The molecule has 0 atom stereocenters. The summed E-state index contributed by atoms with van der Waals surface area (Å²) in [4.78, 5) is 2.10. The molecule has 1 aliphatic heterocycles. The van der Waals surface area contributed by atoms with Gasteiger partial charge in [0.2, 0.25) is 11.4 Å². The zero-order valence-corrected chi connectivity index (χ0v) is 17.1. The summed E-state index contributed by atoms with van der Waals surface area (Å²) in [6.45, 7) is 0. The number of ether oxygens (including phenoxy) is 1. The fraction of sp³-hybridized carbons (Fsp3) is 0.0870.